The van der Waals surface area contributed by atoms with Crippen molar-refractivity contribution in [1.29, 1.82) is 0 Å². The molecule has 1 heterocycles. The Morgan fingerprint density at radius 1 is 0.298 bits per heavy atom. The quantitative estimate of drug-likeness (QED) is 0.130. The summed E-state index contributed by atoms with van der Waals surface area (Å²) in [6.07, 6.45) is 8.72. The molecule has 0 bridgehead atoms. The van der Waals surface area contributed by atoms with Crippen LogP contribution < -0.4 is 4.74 Å². The Bertz CT molecular complexity index is 3240. The highest BCUT2D eigenvalue weighted by Gasteiger charge is 2.32. The molecular formula is C56H36O. The monoisotopic (exact) mass is 724 g/mol. The standard InChI is InChI=1S/C56H36O/c1-2-16-43-41(14-1)42-15-3-4-17-44(42)51-33-38(28-30-45(43)51)35-24-26-36(27-25-35)55-47-19-5-7-21-49(47)56(50-22-8-6-20-48(50)55)40-13-11-12-37(32-40)39-29-31-54-52(34-39)46-18-9-10-23-53(46)57-54/h1-34,46,53H. The molecule has 10 aromatic carbocycles. The minimum atomic E-state index is 0.0829. The van der Waals surface area contributed by atoms with Crippen molar-refractivity contribution in [2.75, 3.05) is 0 Å². The van der Waals surface area contributed by atoms with Gasteiger partial charge in [-0.2, -0.15) is 0 Å². The minimum Gasteiger partial charge on any atom is -0.485 e. The molecule has 0 fully saturated rings. The third-order valence-corrected chi connectivity index (χ3v) is 12.4. The zero-order valence-electron chi connectivity index (χ0n) is 31.2. The van der Waals surface area contributed by atoms with Gasteiger partial charge in [-0.3, -0.25) is 0 Å². The fraction of sp³-hybridized carbons (Fsp3) is 0.0357. The first kappa shape index (κ1) is 32.1. The molecule has 0 saturated heterocycles. The SMILES string of the molecule is C1=CC2Oc3ccc(-c4cccc(-c5c6ccccc6c(-c6ccc(-c7ccc8c9ccccc9c9ccccc9c8c7)cc6)c6ccccc56)c4)cc3C2C=C1. The molecule has 2 atom stereocenters. The summed E-state index contributed by atoms with van der Waals surface area (Å²) in [7, 11) is 0. The van der Waals surface area contributed by atoms with Crippen LogP contribution >= 0.6 is 0 Å². The van der Waals surface area contributed by atoms with Crippen LogP contribution in [0, 0.1) is 0 Å². The van der Waals surface area contributed by atoms with E-state index in [-0.39, 0.29) is 12.0 Å². The first-order valence-corrected chi connectivity index (χ1v) is 19.9. The third-order valence-electron chi connectivity index (χ3n) is 12.4. The van der Waals surface area contributed by atoms with Crippen LogP contribution in [0.4, 0.5) is 0 Å². The fourth-order valence-electron chi connectivity index (χ4n) is 9.74. The number of rotatable bonds is 4. The summed E-state index contributed by atoms with van der Waals surface area (Å²) >= 11 is 0. The highest BCUT2D eigenvalue weighted by atomic mass is 16.5. The summed E-state index contributed by atoms with van der Waals surface area (Å²) in [5.41, 5.74) is 11.1. The summed E-state index contributed by atoms with van der Waals surface area (Å²) in [5.74, 6) is 1.25. The van der Waals surface area contributed by atoms with Gasteiger partial charge in [-0.1, -0.05) is 176 Å². The highest BCUT2D eigenvalue weighted by molar-refractivity contribution is 6.26. The van der Waals surface area contributed by atoms with Crippen molar-refractivity contribution in [2.24, 2.45) is 0 Å². The number of allylic oxidation sites excluding steroid dienone is 2. The Hall–Kier alpha value is -7.22. The van der Waals surface area contributed by atoms with Gasteiger partial charge >= 0.3 is 0 Å². The second kappa shape index (κ2) is 12.7. The Morgan fingerprint density at radius 3 is 1.40 bits per heavy atom. The van der Waals surface area contributed by atoms with Crippen LogP contribution in [-0.2, 0) is 0 Å². The van der Waals surface area contributed by atoms with Crippen LogP contribution in [0.25, 0.3) is 98.4 Å². The molecule has 1 nitrogen and oxygen atoms in total. The predicted octanol–water partition coefficient (Wildman–Crippen LogP) is 15.1. The van der Waals surface area contributed by atoms with Gasteiger partial charge < -0.3 is 4.74 Å². The Kier molecular flexibility index (Phi) is 7.12. The van der Waals surface area contributed by atoms with Crippen molar-refractivity contribution in [3.05, 3.63) is 212 Å². The fourth-order valence-corrected chi connectivity index (χ4v) is 9.74. The van der Waals surface area contributed by atoms with Crippen LogP contribution in [0.15, 0.2) is 206 Å². The largest absolute Gasteiger partial charge is 0.485 e. The van der Waals surface area contributed by atoms with E-state index in [4.69, 9.17) is 4.74 Å². The number of hydrogen-bond acceptors (Lipinski definition) is 1. The Balaban J connectivity index is 0.971. The molecule has 2 unspecified atom stereocenters. The van der Waals surface area contributed by atoms with Gasteiger partial charge in [-0.25, -0.2) is 0 Å². The van der Waals surface area contributed by atoms with Crippen LogP contribution in [0.2, 0.25) is 0 Å². The maximum atomic E-state index is 6.27. The molecule has 0 radical (unpaired) electrons. The molecule has 1 heteroatoms. The number of ether oxygens (including phenoxy) is 1. The predicted molar refractivity (Wildman–Crippen MR) is 241 cm³/mol. The van der Waals surface area contributed by atoms with E-state index in [0.717, 1.165) is 5.75 Å². The molecule has 1 aliphatic carbocycles. The molecule has 0 spiro atoms. The molecule has 0 N–H and O–H groups in total. The molecule has 266 valence electrons. The lowest BCUT2D eigenvalue weighted by Crippen LogP contribution is -2.15. The second-order valence-corrected chi connectivity index (χ2v) is 15.5. The van der Waals surface area contributed by atoms with Crippen molar-refractivity contribution < 1.29 is 4.74 Å². The van der Waals surface area contributed by atoms with Crippen LogP contribution in [0.1, 0.15) is 11.5 Å². The van der Waals surface area contributed by atoms with Crippen molar-refractivity contribution in [1.82, 2.24) is 0 Å². The summed E-state index contributed by atoms with van der Waals surface area (Å²) < 4.78 is 6.27. The molecular weight excluding hydrogens is 689 g/mol. The van der Waals surface area contributed by atoms with Crippen molar-refractivity contribution in [2.45, 2.75) is 12.0 Å². The number of hydrogen-bond donors (Lipinski definition) is 0. The summed E-state index contributed by atoms with van der Waals surface area (Å²) in [6.45, 7) is 0. The second-order valence-electron chi connectivity index (χ2n) is 15.5. The normalized spacial score (nSPS) is 15.7. The van der Waals surface area contributed by atoms with Gasteiger partial charge in [0.2, 0.25) is 0 Å². The molecule has 10 aromatic rings. The van der Waals surface area contributed by atoms with E-state index in [0.29, 0.717) is 0 Å². The highest BCUT2D eigenvalue weighted by Crippen LogP contribution is 2.46. The van der Waals surface area contributed by atoms with Gasteiger partial charge in [0.25, 0.3) is 0 Å². The average Bonchev–Trinajstić information content (AvgIpc) is 3.66. The summed E-state index contributed by atoms with van der Waals surface area (Å²) in [4.78, 5) is 0. The van der Waals surface area contributed by atoms with E-state index < -0.39 is 0 Å². The maximum absolute atomic E-state index is 6.27. The first-order valence-electron chi connectivity index (χ1n) is 19.9. The summed E-state index contributed by atoms with van der Waals surface area (Å²) in [6, 6.07) is 67.4. The summed E-state index contributed by atoms with van der Waals surface area (Å²) in [5, 5.41) is 12.8. The van der Waals surface area contributed by atoms with E-state index in [1.54, 1.807) is 0 Å². The number of benzene rings is 10. The molecule has 12 rings (SSSR count). The Labute approximate surface area is 331 Å². The van der Waals surface area contributed by atoms with Crippen LogP contribution in [0.5, 0.6) is 5.75 Å². The average molecular weight is 725 g/mol. The van der Waals surface area contributed by atoms with Crippen molar-refractivity contribution in [3.63, 3.8) is 0 Å². The van der Waals surface area contributed by atoms with Gasteiger partial charge in [0, 0.05) is 11.5 Å². The minimum absolute atomic E-state index is 0.0829. The lowest BCUT2D eigenvalue weighted by molar-refractivity contribution is 0.269. The zero-order chi connectivity index (χ0) is 37.5. The molecule has 57 heavy (non-hydrogen) atoms. The lowest BCUT2D eigenvalue weighted by atomic mass is 9.85. The first-order chi connectivity index (χ1) is 28.3. The zero-order valence-corrected chi connectivity index (χ0v) is 31.2. The van der Waals surface area contributed by atoms with Crippen molar-refractivity contribution in [3.8, 4) is 50.3 Å². The van der Waals surface area contributed by atoms with E-state index in [1.165, 1.54) is 104 Å². The van der Waals surface area contributed by atoms with Gasteiger partial charge in [0.05, 0.1) is 0 Å². The van der Waals surface area contributed by atoms with Gasteiger partial charge in [-0.15, -0.1) is 0 Å². The molecule has 0 amide bonds. The van der Waals surface area contributed by atoms with E-state index >= 15 is 0 Å². The van der Waals surface area contributed by atoms with Crippen LogP contribution in [-0.4, -0.2) is 6.10 Å². The van der Waals surface area contributed by atoms with E-state index in [1.807, 2.05) is 0 Å². The topological polar surface area (TPSA) is 9.23 Å². The van der Waals surface area contributed by atoms with Gasteiger partial charge in [0.1, 0.15) is 11.9 Å². The van der Waals surface area contributed by atoms with Gasteiger partial charge in [0.15, 0.2) is 0 Å². The van der Waals surface area contributed by atoms with E-state index in [9.17, 15) is 0 Å². The number of fused-ring (bicyclic) bond motifs is 11. The molecule has 1 aliphatic heterocycles. The van der Waals surface area contributed by atoms with Crippen molar-refractivity contribution >= 4 is 53.9 Å². The Morgan fingerprint density at radius 2 is 0.754 bits per heavy atom. The molecule has 0 saturated carbocycles. The third kappa shape index (κ3) is 5.02. The van der Waals surface area contributed by atoms with Crippen LogP contribution in [0.3, 0.4) is 0 Å². The lowest BCUT2D eigenvalue weighted by Gasteiger charge is -2.18. The van der Waals surface area contributed by atoms with E-state index in [2.05, 4.69) is 206 Å². The smallest absolute Gasteiger partial charge is 0.128 e. The van der Waals surface area contributed by atoms with Gasteiger partial charge in [-0.05, 0) is 129 Å². The molecule has 0 aromatic heterocycles. The molecule has 2 aliphatic rings. The maximum Gasteiger partial charge on any atom is 0.128 e.